The Morgan fingerprint density at radius 1 is 1.28 bits per heavy atom. The summed E-state index contributed by atoms with van der Waals surface area (Å²) in [5, 5.41) is 2.91. The highest BCUT2D eigenvalue weighted by Gasteiger charge is 2.28. The molecule has 2 heterocycles. The Morgan fingerprint density at radius 2 is 2.00 bits per heavy atom. The van der Waals surface area contributed by atoms with Gasteiger partial charge in [-0.05, 0) is 38.7 Å². The average molecular weight is 349 g/mol. The largest absolute Gasteiger partial charge is 0.348 e. The molecule has 1 amide bonds. The Morgan fingerprint density at radius 3 is 2.60 bits per heavy atom. The van der Waals surface area contributed by atoms with Crippen LogP contribution in [-0.2, 0) is 7.05 Å². The second-order valence-corrected chi connectivity index (χ2v) is 6.53. The van der Waals surface area contributed by atoms with Crippen molar-refractivity contribution in [1.29, 1.82) is 0 Å². The van der Waals surface area contributed by atoms with Crippen molar-refractivity contribution >= 4 is 5.91 Å². The minimum atomic E-state index is -2.28. The number of alkyl halides is 2. The van der Waals surface area contributed by atoms with Crippen molar-refractivity contribution in [1.82, 2.24) is 24.8 Å². The summed E-state index contributed by atoms with van der Waals surface area (Å²) in [6.07, 6.45) is 3.02. The van der Waals surface area contributed by atoms with Gasteiger partial charge in [-0.25, -0.2) is 23.7 Å². The fourth-order valence-electron chi connectivity index (χ4n) is 3.15. The molecule has 0 spiro atoms. The number of carbonyl (C=O) groups excluding carboxylic acids is 1. The Labute approximate surface area is 144 Å². The first-order valence-corrected chi connectivity index (χ1v) is 8.35. The van der Waals surface area contributed by atoms with Gasteiger partial charge in [0, 0.05) is 24.7 Å². The molecule has 0 bridgehead atoms. The zero-order chi connectivity index (χ0) is 18.0. The summed E-state index contributed by atoms with van der Waals surface area (Å²) >= 11 is 0. The van der Waals surface area contributed by atoms with E-state index < -0.39 is 12.3 Å². The molecule has 2 aromatic rings. The van der Waals surface area contributed by atoms with Gasteiger partial charge in [0.25, 0.3) is 5.91 Å². The van der Waals surface area contributed by atoms with E-state index >= 15 is 0 Å². The molecular formula is C17H21F2N5O. The van der Waals surface area contributed by atoms with Crippen molar-refractivity contribution in [2.75, 3.05) is 0 Å². The number of amides is 1. The van der Waals surface area contributed by atoms with Crippen LogP contribution in [-0.4, -0.2) is 37.9 Å². The predicted molar refractivity (Wildman–Crippen MR) is 88.2 cm³/mol. The lowest BCUT2D eigenvalue weighted by Gasteiger charge is -2.28. The molecule has 1 saturated carbocycles. The van der Waals surface area contributed by atoms with Crippen LogP contribution in [0.25, 0.3) is 11.5 Å². The van der Waals surface area contributed by atoms with Crippen LogP contribution in [0.3, 0.4) is 0 Å². The molecule has 2 aromatic heterocycles. The molecule has 25 heavy (non-hydrogen) atoms. The number of nitrogens with one attached hydrogen (secondary N) is 1. The van der Waals surface area contributed by atoms with Crippen LogP contribution in [0.15, 0.2) is 18.6 Å². The molecule has 0 aromatic carbocycles. The van der Waals surface area contributed by atoms with E-state index in [9.17, 15) is 13.6 Å². The zero-order valence-electron chi connectivity index (χ0n) is 14.2. The second-order valence-electron chi connectivity index (χ2n) is 6.53. The third kappa shape index (κ3) is 4.00. The van der Waals surface area contributed by atoms with Crippen molar-refractivity contribution < 1.29 is 13.6 Å². The fraction of sp³-hybridized carbons (Fsp3) is 0.529. The summed E-state index contributed by atoms with van der Waals surface area (Å²) in [7, 11) is 1.83. The van der Waals surface area contributed by atoms with Gasteiger partial charge in [0.1, 0.15) is 11.4 Å². The van der Waals surface area contributed by atoms with Gasteiger partial charge < -0.3 is 9.88 Å². The minimum absolute atomic E-state index is 0.0853. The molecule has 0 atom stereocenters. The summed E-state index contributed by atoms with van der Waals surface area (Å²) < 4.78 is 27.2. The lowest BCUT2D eigenvalue weighted by atomic mass is 9.86. The smallest absolute Gasteiger partial charge is 0.270 e. The fourth-order valence-corrected chi connectivity index (χ4v) is 3.15. The van der Waals surface area contributed by atoms with Crippen LogP contribution in [0.5, 0.6) is 0 Å². The van der Waals surface area contributed by atoms with Gasteiger partial charge in [0.15, 0.2) is 5.82 Å². The Bertz CT molecular complexity index is 753. The minimum Gasteiger partial charge on any atom is -0.348 e. The summed E-state index contributed by atoms with van der Waals surface area (Å²) in [4.78, 5) is 25.3. The maximum absolute atomic E-state index is 12.7. The molecule has 1 aliphatic rings. The van der Waals surface area contributed by atoms with E-state index in [-0.39, 0.29) is 17.6 Å². The van der Waals surface area contributed by atoms with Gasteiger partial charge >= 0.3 is 0 Å². The normalized spacial score (nSPS) is 20.7. The Kier molecular flexibility index (Phi) is 5.06. The van der Waals surface area contributed by atoms with Crippen LogP contribution in [0, 0.1) is 12.8 Å². The third-order valence-electron chi connectivity index (χ3n) is 4.60. The summed E-state index contributed by atoms with van der Waals surface area (Å²) in [6.45, 7) is 1.80. The first kappa shape index (κ1) is 17.4. The molecule has 0 aliphatic heterocycles. The van der Waals surface area contributed by atoms with Crippen molar-refractivity contribution in [3.8, 4) is 11.5 Å². The molecule has 8 heteroatoms. The number of rotatable bonds is 4. The maximum Gasteiger partial charge on any atom is 0.270 e. The van der Waals surface area contributed by atoms with Gasteiger partial charge in [0.05, 0.1) is 12.5 Å². The predicted octanol–water partition coefficient (Wildman–Crippen LogP) is 2.74. The number of imidazole rings is 1. The standard InChI is InChI=1S/C17H21F2N5O/c1-10-7-13(23-16(21-10)14-8-20-9-24(14)2)17(25)22-12-5-3-11(4-6-12)15(18)19/h7-9,11-12,15H,3-6H2,1-2H3,(H,22,25). The highest BCUT2D eigenvalue weighted by Crippen LogP contribution is 2.29. The molecule has 0 radical (unpaired) electrons. The molecule has 1 aliphatic carbocycles. The van der Waals surface area contributed by atoms with Gasteiger partial charge in [0.2, 0.25) is 6.43 Å². The summed E-state index contributed by atoms with van der Waals surface area (Å²) in [5.41, 5.74) is 1.67. The van der Waals surface area contributed by atoms with E-state index in [0.717, 1.165) is 5.69 Å². The number of nitrogens with zero attached hydrogens (tertiary/aromatic N) is 4. The molecule has 6 nitrogen and oxygen atoms in total. The second kappa shape index (κ2) is 7.25. The SMILES string of the molecule is Cc1cc(C(=O)NC2CCC(C(F)F)CC2)nc(-c2cncn2C)n1. The number of hydrogen-bond donors (Lipinski definition) is 1. The van der Waals surface area contributed by atoms with E-state index in [1.165, 1.54) is 0 Å². The van der Waals surface area contributed by atoms with E-state index in [2.05, 4.69) is 20.3 Å². The average Bonchev–Trinajstić information content (AvgIpc) is 3.01. The molecule has 3 rings (SSSR count). The first-order valence-electron chi connectivity index (χ1n) is 8.35. The van der Waals surface area contributed by atoms with Crippen LogP contribution >= 0.6 is 0 Å². The van der Waals surface area contributed by atoms with Crippen molar-refractivity contribution in [3.63, 3.8) is 0 Å². The lowest BCUT2D eigenvalue weighted by Crippen LogP contribution is -2.39. The van der Waals surface area contributed by atoms with Crippen molar-refractivity contribution in [3.05, 3.63) is 30.0 Å². The zero-order valence-corrected chi connectivity index (χ0v) is 14.2. The molecule has 1 N–H and O–H groups in total. The number of hydrogen-bond acceptors (Lipinski definition) is 4. The van der Waals surface area contributed by atoms with E-state index in [1.54, 1.807) is 30.1 Å². The van der Waals surface area contributed by atoms with Gasteiger partial charge in [-0.3, -0.25) is 4.79 Å². The van der Waals surface area contributed by atoms with E-state index in [1.807, 2.05) is 7.05 Å². The quantitative estimate of drug-likeness (QED) is 0.921. The number of aromatic nitrogens is 4. The van der Waals surface area contributed by atoms with Crippen LogP contribution < -0.4 is 5.32 Å². The summed E-state index contributed by atoms with van der Waals surface area (Å²) in [5.74, 6) is -0.410. The molecular weight excluding hydrogens is 328 g/mol. The molecule has 1 fully saturated rings. The molecule has 134 valence electrons. The van der Waals surface area contributed by atoms with E-state index in [4.69, 9.17) is 0 Å². The van der Waals surface area contributed by atoms with Gasteiger partial charge in [-0.2, -0.15) is 0 Å². The van der Waals surface area contributed by atoms with Crippen molar-refractivity contribution in [2.45, 2.75) is 45.1 Å². The first-order chi connectivity index (χ1) is 11.9. The molecule has 0 unspecified atom stereocenters. The van der Waals surface area contributed by atoms with Crippen LogP contribution in [0.4, 0.5) is 8.78 Å². The van der Waals surface area contributed by atoms with E-state index in [0.29, 0.717) is 37.2 Å². The van der Waals surface area contributed by atoms with Gasteiger partial charge in [-0.15, -0.1) is 0 Å². The Hall–Kier alpha value is -2.38. The molecule has 0 saturated heterocycles. The Balaban J connectivity index is 1.71. The number of halogens is 2. The monoisotopic (exact) mass is 349 g/mol. The van der Waals surface area contributed by atoms with Crippen molar-refractivity contribution in [2.24, 2.45) is 13.0 Å². The van der Waals surface area contributed by atoms with Crippen LogP contribution in [0.2, 0.25) is 0 Å². The maximum atomic E-state index is 12.7. The number of carbonyl (C=O) groups is 1. The summed E-state index contributed by atoms with van der Waals surface area (Å²) in [6, 6.07) is 1.54. The lowest BCUT2D eigenvalue weighted by molar-refractivity contribution is 0.0499. The van der Waals surface area contributed by atoms with Crippen LogP contribution in [0.1, 0.15) is 41.9 Å². The highest BCUT2D eigenvalue weighted by molar-refractivity contribution is 5.92. The van der Waals surface area contributed by atoms with Gasteiger partial charge in [-0.1, -0.05) is 0 Å². The highest BCUT2D eigenvalue weighted by atomic mass is 19.3. The topological polar surface area (TPSA) is 72.7 Å². The number of aryl methyl sites for hydroxylation is 2. The third-order valence-corrected chi connectivity index (χ3v) is 4.60.